The molecule has 4 unspecified atom stereocenters. The summed E-state index contributed by atoms with van der Waals surface area (Å²) in [6.07, 6.45) is 6.04. The highest BCUT2D eigenvalue weighted by atomic mass is 19.3. The molecule has 4 aromatic rings. The van der Waals surface area contributed by atoms with Crippen LogP contribution < -0.4 is 0 Å². The van der Waals surface area contributed by atoms with Crippen molar-refractivity contribution in [2.75, 3.05) is 0 Å². The zero-order chi connectivity index (χ0) is 30.6. The molecule has 0 amide bonds. The number of benzene rings is 4. The van der Waals surface area contributed by atoms with Gasteiger partial charge in [-0.15, -0.1) is 0 Å². The van der Waals surface area contributed by atoms with Crippen molar-refractivity contribution in [2.45, 2.75) is 47.4 Å². The molecular weight excluding hydrogens is 584 g/mol. The van der Waals surface area contributed by atoms with E-state index in [2.05, 4.69) is 0 Å². The molecule has 0 saturated heterocycles. The van der Waals surface area contributed by atoms with Crippen LogP contribution in [-0.2, 0) is 23.7 Å². The fourth-order valence-electron chi connectivity index (χ4n) is 8.41. The molecule has 8 heteroatoms. The molecule has 4 aromatic carbocycles. The zero-order valence-corrected chi connectivity index (χ0v) is 22.6. The van der Waals surface area contributed by atoms with Gasteiger partial charge >= 0.3 is 23.7 Å². The SMILES string of the molecule is FC1(F)c2ccc(c3c2C2C=CC3c3ccccc32)C(F)(F)C(F)(F)c2ccc(c3c2C2C=CC3c3ccccc32)C1(F)F. The third-order valence-corrected chi connectivity index (χ3v) is 10.3. The molecule has 7 aliphatic rings. The monoisotopic (exact) mass is 604 g/mol. The Labute approximate surface area is 246 Å². The Bertz CT molecular complexity index is 1730. The van der Waals surface area contributed by atoms with Crippen LogP contribution in [0.2, 0.25) is 0 Å². The maximum atomic E-state index is 16.7. The predicted molar refractivity (Wildman–Crippen MR) is 147 cm³/mol. The minimum atomic E-state index is -4.87. The third kappa shape index (κ3) is 2.78. The van der Waals surface area contributed by atoms with Gasteiger partial charge in [0.2, 0.25) is 0 Å². The lowest BCUT2D eigenvalue weighted by Crippen LogP contribution is -2.44. The first-order valence-electron chi connectivity index (χ1n) is 14.3. The average Bonchev–Trinajstić information content (AvgIpc) is 3.03. The quantitative estimate of drug-likeness (QED) is 0.138. The van der Waals surface area contributed by atoms with Crippen LogP contribution in [-0.4, -0.2) is 0 Å². The fourth-order valence-corrected chi connectivity index (χ4v) is 8.41. The largest absolute Gasteiger partial charge is 0.340 e. The summed E-state index contributed by atoms with van der Waals surface area (Å²) in [6.45, 7) is 0. The summed E-state index contributed by atoms with van der Waals surface area (Å²) in [5.41, 5.74) is -4.39. The van der Waals surface area contributed by atoms with Gasteiger partial charge in [-0.1, -0.05) is 97.1 Å². The number of allylic oxidation sites excluding steroid dienone is 4. The third-order valence-electron chi connectivity index (χ3n) is 10.3. The lowest BCUT2D eigenvalue weighted by molar-refractivity contribution is -0.228. The van der Waals surface area contributed by atoms with Crippen molar-refractivity contribution in [3.05, 3.63) is 164 Å². The summed E-state index contributed by atoms with van der Waals surface area (Å²) < 4.78 is 133. The molecule has 0 aliphatic heterocycles. The fraction of sp³-hybridized carbons (Fsp3) is 0.222. The Morgan fingerprint density at radius 1 is 0.318 bits per heavy atom. The van der Waals surface area contributed by atoms with Gasteiger partial charge in [0.05, 0.1) is 0 Å². The number of alkyl halides is 8. The van der Waals surface area contributed by atoms with Crippen LogP contribution in [0.4, 0.5) is 35.1 Å². The van der Waals surface area contributed by atoms with Crippen LogP contribution >= 0.6 is 0 Å². The second-order valence-electron chi connectivity index (χ2n) is 12.2. The summed E-state index contributed by atoms with van der Waals surface area (Å²) in [5.74, 6) is -23.8. The van der Waals surface area contributed by atoms with Crippen molar-refractivity contribution in [3.63, 3.8) is 0 Å². The van der Waals surface area contributed by atoms with Crippen LogP contribution in [0.5, 0.6) is 0 Å². The molecule has 0 heterocycles. The molecule has 0 radical (unpaired) electrons. The maximum Gasteiger partial charge on any atom is 0.340 e. The highest BCUT2D eigenvalue weighted by Gasteiger charge is 2.66. The number of rotatable bonds is 0. The van der Waals surface area contributed by atoms with Gasteiger partial charge in [-0.3, -0.25) is 0 Å². The summed E-state index contributed by atoms with van der Waals surface area (Å²) >= 11 is 0. The van der Waals surface area contributed by atoms with Crippen LogP contribution in [0.1, 0.15) is 90.4 Å². The van der Waals surface area contributed by atoms with Crippen LogP contribution in [0.15, 0.2) is 97.1 Å². The standard InChI is InChI=1S/C36H20F8/c37-33(38)25-13-14-26(30-22-10-9-21(29(25)30)17-5-1-2-6-18(17)22)34(39,40)36(43,44)28-16-15-27(35(33,41)42)31-23-11-12-24(32(28)31)20-8-4-3-7-19(20)23/h1-16,21-24H. The number of halogens is 8. The van der Waals surface area contributed by atoms with Gasteiger partial charge in [0, 0.05) is 45.9 Å². The van der Waals surface area contributed by atoms with E-state index >= 15 is 35.1 Å². The molecule has 4 atom stereocenters. The molecule has 7 aliphatic carbocycles. The summed E-state index contributed by atoms with van der Waals surface area (Å²) in [4.78, 5) is 0. The normalized spacial score (nSPS) is 27.6. The van der Waals surface area contributed by atoms with Crippen molar-refractivity contribution in [1.82, 2.24) is 0 Å². The molecule has 0 aromatic heterocycles. The number of fused-ring (bicyclic) bond motifs is 6. The lowest BCUT2D eigenvalue weighted by atomic mass is 9.61. The van der Waals surface area contributed by atoms with Gasteiger partial charge in [-0.2, -0.15) is 35.1 Å². The first kappa shape index (κ1) is 26.2. The first-order valence-corrected chi connectivity index (χ1v) is 14.3. The van der Waals surface area contributed by atoms with Gasteiger partial charge in [-0.25, -0.2) is 0 Å². The van der Waals surface area contributed by atoms with Crippen molar-refractivity contribution >= 4 is 0 Å². The van der Waals surface area contributed by atoms with E-state index in [1.165, 1.54) is 24.3 Å². The highest BCUT2D eigenvalue weighted by Crippen LogP contribution is 2.65. The van der Waals surface area contributed by atoms with Gasteiger partial charge in [0.1, 0.15) is 0 Å². The van der Waals surface area contributed by atoms with Crippen LogP contribution in [0.3, 0.4) is 0 Å². The van der Waals surface area contributed by atoms with E-state index in [1.807, 2.05) is 0 Å². The predicted octanol–water partition coefficient (Wildman–Crippen LogP) is 10.1. The van der Waals surface area contributed by atoms with Gasteiger partial charge < -0.3 is 0 Å². The lowest BCUT2D eigenvalue weighted by Gasteiger charge is -2.45. The van der Waals surface area contributed by atoms with Crippen LogP contribution in [0, 0.1) is 0 Å². The van der Waals surface area contributed by atoms with E-state index in [0.717, 1.165) is 0 Å². The molecule has 0 fully saturated rings. The summed E-state index contributed by atoms with van der Waals surface area (Å²) in [6, 6.07) is 15.1. The Morgan fingerprint density at radius 3 is 0.727 bits per heavy atom. The molecule has 0 spiro atoms. The molecule has 44 heavy (non-hydrogen) atoms. The van der Waals surface area contributed by atoms with E-state index in [0.29, 0.717) is 46.5 Å². The molecule has 0 N–H and O–H groups in total. The number of hydrogen-bond donors (Lipinski definition) is 0. The minimum absolute atomic E-state index is 0.454. The maximum absolute atomic E-state index is 16.7. The second kappa shape index (κ2) is 7.89. The smallest absolute Gasteiger partial charge is 0.194 e. The minimum Gasteiger partial charge on any atom is -0.194 e. The van der Waals surface area contributed by atoms with E-state index in [-0.39, 0.29) is 0 Å². The van der Waals surface area contributed by atoms with Crippen molar-refractivity contribution in [3.8, 4) is 0 Å². The Kier molecular flexibility index (Phi) is 4.71. The topological polar surface area (TPSA) is 0 Å². The van der Waals surface area contributed by atoms with E-state index in [1.54, 1.807) is 48.5 Å². The van der Waals surface area contributed by atoms with Gasteiger partial charge in [0.25, 0.3) is 0 Å². The Morgan fingerprint density at radius 2 is 0.523 bits per heavy atom. The Balaban J connectivity index is 1.42. The van der Waals surface area contributed by atoms with E-state index < -0.39 is 91.9 Å². The van der Waals surface area contributed by atoms with E-state index in [9.17, 15) is 0 Å². The molecule has 220 valence electrons. The van der Waals surface area contributed by atoms with Crippen LogP contribution in [0.25, 0.3) is 0 Å². The first-order chi connectivity index (χ1) is 20.9. The van der Waals surface area contributed by atoms with Crippen molar-refractivity contribution < 1.29 is 35.1 Å². The highest BCUT2D eigenvalue weighted by molar-refractivity contribution is 5.69. The second-order valence-corrected chi connectivity index (χ2v) is 12.2. The Hall–Kier alpha value is -4.20. The average molecular weight is 605 g/mol. The molecule has 8 bridgehead atoms. The number of hydrogen-bond acceptors (Lipinski definition) is 0. The van der Waals surface area contributed by atoms with E-state index in [4.69, 9.17) is 0 Å². The van der Waals surface area contributed by atoms with Gasteiger partial charge in [-0.05, 0) is 44.5 Å². The molecule has 11 rings (SSSR count). The summed E-state index contributed by atoms with van der Waals surface area (Å²) in [5, 5.41) is 0. The zero-order valence-electron chi connectivity index (χ0n) is 22.6. The van der Waals surface area contributed by atoms with Gasteiger partial charge in [0.15, 0.2) is 0 Å². The molecule has 0 saturated carbocycles. The molecule has 0 nitrogen and oxygen atoms in total. The molecular formula is C36H20F8. The summed E-state index contributed by atoms with van der Waals surface area (Å²) in [7, 11) is 0. The van der Waals surface area contributed by atoms with Crippen molar-refractivity contribution in [1.29, 1.82) is 0 Å². The van der Waals surface area contributed by atoms with Crippen molar-refractivity contribution in [2.24, 2.45) is 0 Å².